The molecule has 2 aliphatic rings. The van der Waals surface area contributed by atoms with E-state index in [1.807, 2.05) is 0 Å². The van der Waals surface area contributed by atoms with Gasteiger partial charge in [-0.15, -0.1) is 13.2 Å². The molecule has 27 heavy (non-hydrogen) atoms. The SMILES string of the molecule is C/C(F)=C\CC(O)C12CCC(CCc3ccc(OC(F)(F)F)cc3)(CC1)N2. The second-order valence-electron chi connectivity index (χ2n) is 7.80. The summed E-state index contributed by atoms with van der Waals surface area (Å²) in [6, 6.07) is 5.96. The van der Waals surface area contributed by atoms with Gasteiger partial charge in [0, 0.05) is 11.1 Å². The fourth-order valence-electron chi connectivity index (χ4n) is 4.42. The summed E-state index contributed by atoms with van der Waals surface area (Å²) in [7, 11) is 0. The van der Waals surface area contributed by atoms with Crippen molar-refractivity contribution in [2.45, 2.75) is 75.4 Å². The molecule has 1 aromatic carbocycles. The molecule has 2 N–H and O–H groups in total. The van der Waals surface area contributed by atoms with Crippen molar-refractivity contribution in [3.63, 3.8) is 0 Å². The lowest BCUT2D eigenvalue weighted by molar-refractivity contribution is -0.274. The summed E-state index contributed by atoms with van der Waals surface area (Å²) in [5.41, 5.74) is 0.536. The molecule has 7 heteroatoms. The van der Waals surface area contributed by atoms with Gasteiger partial charge in [-0.3, -0.25) is 0 Å². The molecule has 2 fully saturated rings. The van der Waals surface area contributed by atoms with Gasteiger partial charge in [0.25, 0.3) is 0 Å². The third-order valence-electron chi connectivity index (χ3n) is 5.92. The van der Waals surface area contributed by atoms with E-state index in [0.29, 0.717) is 6.42 Å². The summed E-state index contributed by atoms with van der Waals surface area (Å²) in [4.78, 5) is 0. The molecule has 0 amide bonds. The number of aliphatic hydroxyl groups excluding tert-OH is 1. The molecule has 0 aliphatic carbocycles. The number of hydrogen-bond donors (Lipinski definition) is 2. The van der Waals surface area contributed by atoms with Crippen molar-refractivity contribution in [3.05, 3.63) is 41.7 Å². The standard InChI is InChI=1S/C20H25F4NO2/c1-14(21)2-7-17(26)19-12-10-18(25-19,11-13-19)9-8-15-3-5-16(6-4-15)27-20(22,23)24/h2-6,17,25-26H,7-13H2,1H3/b14-2+. The third-order valence-corrected chi connectivity index (χ3v) is 5.92. The Kier molecular flexibility index (Phi) is 5.54. The van der Waals surface area contributed by atoms with Gasteiger partial charge in [0.15, 0.2) is 0 Å². The monoisotopic (exact) mass is 387 g/mol. The first kappa shape index (κ1) is 20.1. The summed E-state index contributed by atoms with van der Waals surface area (Å²) < 4.78 is 53.5. The number of aryl methyl sites for hydroxylation is 1. The molecular formula is C20H25F4NO2. The van der Waals surface area contributed by atoms with Gasteiger partial charge in [-0.25, -0.2) is 4.39 Å². The van der Waals surface area contributed by atoms with Gasteiger partial charge in [0.05, 0.1) is 11.9 Å². The molecule has 1 unspecified atom stereocenters. The fraction of sp³-hybridized carbons (Fsp3) is 0.600. The third kappa shape index (κ3) is 4.82. The highest BCUT2D eigenvalue weighted by Gasteiger charge is 2.55. The van der Waals surface area contributed by atoms with E-state index in [0.717, 1.165) is 44.1 Å². The molecule has 3 rings (SSSR count). The highest BCUT2D eigenvalue weighted by Crippen LogP contribution is 2.49. The fourth-order valence-corrected chi connectivity index (χ4v) is 4.42. The Morgan fingerprint density at radius 2 is 1.85 bits per heavy atom. The predicted molar refractivity (Wildman–Crippen MR) is 94.0 cm³/mol. The van der Waals surface area contributed by atoms with E-state index in [2.05, 4.69) is 10.1 Å². The van der Waals surface area contributed by atoms with Crippen LogP contribution in [0.3, 0.4) is 0 Å². The minimum Gasteiger partial charge on any atom is -0.406 e. The normalized spacial score (nSPS) is 29.2. The van der Waals surface area contributed by atoms with Crippen LogP contribution in [-0.4, -0.2) is 28.7 Å². The second-order valence-corrected chi connectivity index (χ2v) is 7.80. The average molecular weight is 387 g/mol. The lowest BCUT2D eigenvalue weighted by atomic mass is 9.77. The van der Waals surface area contributed by atoms with Crippen molar-refractivity contribution in [1.29, 1.82) is 0 Å². The predicted octanol–water partition coefficient (Wildman–Crippen LogP) is 4.80. The molecule has 0 spiro atoms. The van der Waals surface area contributed by atoms with E-state index < -0.39 is 12.5 Å². The van der Waals surface area contributed by atoms with E-state index >= 15 is 0 Å². The summed E-state index contributed by atoms with van der Waals surface area (Å²) in [5.74, 6) is -0.506. The summed E-state index contributed by atoms with van der Waals surface area (Å²) in [6.45, 7) is 1.37. The molecule has 1 atom stereocenters. The van der Waals surface area contributed by atoms with E-state index in [9.17, 15) is 22.7 Å². The van der Waals surface area contributed by atoms with Crippen LogP contribution in [0.4, 0.5) is 17.6 Å². The van der Waals surface area contributed by atoms with Gasteiger partial charge in [0.2, 0.25) is 0 Å². The molecule has 0 saturated carbocycles. The maximum atomic E-state index is 12.9. The highest BCUT2D eigenvalue weighted by molar-refractivity contribution is 5.28. The first-order chi connectivity index (χ1) is 12.6. The van der Waals surface area contributed by atoms with Crippen LogP contribution in [-0.2, 0) is 6.42 Å². The molecule has 2 saturated heterocycles. The molecule has 2 aliphatic heterocycles. The zero-order valence-corrected chi connectivity index (χ0v) is 15.3. The molecule has 1 aromatic rings. The number of alkyl halides is 3. The van der Waals surface area contributed by atoms with Crippen molar-refractivity contribution < 1.29 is 27.4 Å². The van der Waals surface area contributed by atoms with Gasteiger partial charge in [-0.2, -0.15) is 0 Å². The minimum atomic E-state index is -4.68. The quantitative estimate of drug-likeness (QED) is 0.661. The van der Waals surface area contributed by atoms with Gasteiger partial charge < -0.3 is 15.2 Å². The average Bonchev–Trinajstić information content (AvgIpc) is 3.16. The first-order valence-corrected chi connectivity index (χ1v) is 9.26. The van der Waals surface area contributed by atoms with Crippen LogP contribution in [0.25, 0.3) is 0 Å². The van der Waals surface area contributed by atoms with Crippen LogP contribution in [0.15, 0.2) is 36.2 Å². The Morgan fingerprint density at radius 1 is 1.22 bits per heavy atom. The summed E-state index contributed by atoms with van der Waals surface area (Å²) >= 11 is 0. The Labute approximate surface area is 156 Å². The number of fused-ring (bicyclic) bond motifs is 2. The van der Waals surface area contributed by atoms with Crippen molar-refractivity contribution in [2.24, 2.45) is 0 Å². The molecule has 0 radical (unpaired) electrons. The lowest BCUT2D eigenvalue weighted by Crippen LogP contribution is -2.50. The highest BCUT2D eigenvalue weighted by atomic mass is 19.4. The van der Waals surface area contributed by atoms with Crippen LogP contribution in [0, 0.1) is 0 Å². The second kappa shape index (κ2) is 7.43. The smallest absolute Gasteiger partial charge is 0.406 e. The zero-order valence-electron chi connectivity index (χ0n) is 15.3. The van der Waals surface area contributed by atoms with E-state index in [1.165, 1.54) is 25.1 Å². The van der Waals surface area contributed by atoms with Crippen LogP contribution < -0.4 is 10.1 Å². The molecular weight excluding hydrogens is 362 g/mol. The molecule has 3 nitrogen and oxygen atoms in total. The number of rotatable bonds is 7. The lowest BCUT2D eigenvalue weighted by Gasteiger charge is -2.31. The van der Waals surface area contributed by atoms with Crippen LogP contribution in [0.1, 0.15) is 51.0 Å². The molecule has 2 bridgehead atoms. The number of ether oxygens (including phenoxy) is 1. The maximum absolute atomic E-state index is 12.9. The van der Waals surface area contributed by atoms with Crippen molar-refractivity contribution in [2.75, 3.05) is 0 Å². The number of nitrogens with one attached hydrogen (secondary N) is 1. The summed E-state index contributed by atoms with van der Waals surface area (Å²) in [5, 5.41) is 14.1. The Hall–Kier alpha value is -1.60. The number of aliphatic hydroxyl groups is 1. The number of halogens is 4. The summed E-state index contributed by atoms with van der Waals surface area (Å²) in [6.07, 6.45) is 1.58. The van der Waals surface area contributed by atoms with Crippen LogP contribution in [0.5, 0.6) is 5.75 Å². The van der Waals surface area contributed by atoms with Gasteiger partial charge >= 0.3 is 6.36 Å². The van der Waals surface area contributed by atoms with E-state index in [4.69, 9.17) is 0 Å². The van der Waals surface area contributed by atoms with Gasteiger partial charge in [0.1, 0.15) is 5.75 Å². The van der Waals surface area contributed by atoms with Crippen LogP contribution >= 0.6 is 0 Å². The van der Waals surface area contributed by atoms with Gasteiger partial charge in [-0.05, 0) is 69.6 Å². The maximum Gasteiger partial charge on any atom is 0.573 e. The first-order valence-electron chi connectivity index (χ1n) is 9.26. The minimum absolute atomic E-state index is 0.0589. The number of allylic oxidation sites excluding steroid dienone is 1. The number of hydrogen-bond acceptors (Lipinski definition) is 3. The zero-order chi connectivity index (χ0) is 19.7. The molecule has 2 heterocycles. The number of benzene rings is 1. The Balaban J connectivity index is 1.56. The van der Waals surface area contributed by atoms with Crippen LogP contribution in [0.2, 0.25) is 0 Å². The molecule has 0 aromatic heterocycles. The molecule has 150 valence electrons. The topological polar surface area (TPSA) is 41.5 Å². The van der Waals surface area contributed by atoms with Crippen molar-refractivity contribution in [3.8, 4) is 5.75 Å². The van der Waals surface area contributed by atoms with Gasteiger partial charge in [-0.1, -0.05) is 18.2 Å². The van der Waals surface area contributed by atoms with E-state index in [-0.39, 0.29) is 22.7 Å². The largest absolute Gasteiger partial charge is 0.573 e. The van der Waals surface area contributed by atoms with E-state index in [1.54, 1.807) is 12.1 Å². The Bertz CT molecular complexity index is 672. The van der Waals surface area contributed by atoms with Crippen molar-refractivity contribution in [1.82, 2.24) is 5.32 Å². The Morgan fingerprint density at radius 3 is 2.41 bits per heavy atom. The van der Waals surface area contributed by atoms with Crippen molar-refractivity contribution >= 4 is 0 Å².